The molecule has 1 heterocycles. The van der Waals surface area contributed by atoms with E-state index < -0.39 is 0 Å². The van der Waals surface area contributed by atoms with Crippen molar-refractivity contribution in [2.45, 2.75) is 39.0 Å². The molecule has 2 rings (SSSR count). The summed E-state index contributed by atoms with van der Waals surface area (Å²) in [7, 11) is 0. The van der Waals surface area contributed by atoms with E-state index in [-0.39, 0.29) is 23.8 Å². The number of thiazole rings is 1. The standard InChI is InChI=1S/C14H21N3O3S/c1-10(19)16-13-17-11(7-21-13)12(20)15-8-14(9-18)5-3-2-4-6-14/h7,18H,2-6,8-9H2,1H3,(H,15,20)(H,16,17,19). The van der Waals surface area contributed by atoms with Gasteiger partial charge in [-0.05, 0) is 12.8 Å². The highest BCUT2D eigenvalue weighted by atomic mass is 32.1. The first-order valence-corrected chi connectivity index (χ1v) is 8.05. The lowest BCUT2D eigenvalue weighted by Crippen LogP contribution is -2.41. The van der Waals surface area contributed by atoms with Crippen LogP contribution in [0.2, 0.25) is 0 Å². The Kier molecular flexibility index (Phi) is 5.30. The zero-order chi connectivity index (χ0) is 15.3. The second-order valence-electron chi connectivity index (χ2n) is 5.62. The number of hydrogen-bond acceptors (Lipinski definition) is 5. The number of nitrogens with one attached hydrogen (secondary N) is 2. The molecular weight excluding hydrogens is 290 g/mol. The average molecular weight is 311 g/mol. The summed E-state index contributed by atoms with van der Waals surface area (Å²) in [6.45, 7) is 1.96. The van der Waals surface area contributed by atoms with E-state index >= 15 is 0 Å². The molecule has 0 bridgehead atoms. The molecule has 0 aliphatic heterocycles. The summed E-state index contributed by atoms with van der Waals surface area (Å²) in [4.78, 5) is 27.1. The van der Waals surface area contributed by atoms with Crippen molar-refractivity contribution in [3.8, 4) is 0 Å². The Morgan fingerprint density at radius 1 is 1.38 bits per heavy atom. The highest BCUT2D eigenvalue weighted by Crippen LogP contribution is 2.35. The smallest absolute Gasteiger partial charge is 0.270 e. The molecule has 0 spiro atoms. The third kappa shape index (κ3) is 4.25. The Bertz CT molecular complexity index is 509. The highest BCUT2D eigenvalue weighted by molar-refractivity contribution is 7.14. The normalized spacial score (nSPS) is 17.2. The molecule has 1 fully saturated rings. The van der Waals surface area contributed by atoms with Gasteiger partial charge in [0, 0.05) is 24.3 Å². The maximum atomic E-state index is 12.1. The van der Waals surface area contributed by atoms with Gasteiger partial charge in [-0.1, -0.05) is 19.3 Å². The summed E-state index contributed by atoms with van der Waals surface area (Å²) < 4.78 is 0. The number of aliphatic hydroxyl groups excluding tert-OH is 1. The lowest BCUT2D eigenvalue weighted by Gasteiger charge is -2.35. The van der Waals surface area contributed by atoms with Gasteiger partial charge in [-0.15, -0.1) is 11.3 Å². The van der Waals surface area contributed by atoms with Crippen LogP contribution in [0.1, 0.15) is 49.5 Å². The van der Waals surface area contributed by atoms with Crippen LogP contribution in [0.5, 0.6) is 0 Å². The van der Waals surface area contributed by atoms with Gasteiger partial charge in [-0.25, -0.2) is 4.98 Å². The quantitative estimate of drug-likeness (QED) is 0.773. The van der Waals surface area contributed by atoms with E-state index in [2.05, 4.69) is 15.6 Å². The van der Waals surface area contributed by atoms with Crippen molar-refractivity contribution in [1.29, 1.82) is 0 Å². The minimum Gasteiger partial charge on any atom is -0.396 e. The Hall–Kier alpha value is -1.47. The number of aliphatic hydroxyl groups is 1. The molecule has 6 nitrogen and oxygen atoms in total. The van der Waals surface area contributed by atoms with Crippen LogP contribution in [0.4, 0.5) is 5.13 Å². The second kappa shape index (κ2) is 7.00. The van der Waals surface area contributed by atoms with E-state index in [1.54, 1.807) is 5.38 Å². The average Bonchev–Trinajstić information content (AvgIpc) is 2.93. The van der Waals surface area contributed by atoms with Gasteiger partial charge in [0.2, 0.25) is 5.91 Å². The number of hydrogen-bond donors (Lipinski definition) is 3. The number of carbonyl (C=O) groups excluding carboxylic acids is 2. The predicted octanol–water partition coefficient (Wildman–Crippen LogP) is 1.77. The fourth-order valence-corrected chi connectivity index (χ4v) is 3.37. The molecule has 0 saturated heterocycles. The summed E-state index contributed by atoms with van der Waals surface area (Å²) in [5, 5.41) is 17.1. The number of rotatable bonds is 5. The van der Waals surface area contributed by atoms with Crippen molar-refractivity contribution >= 4 is 28.3 Å². The van der Waals surface area contributed by atoms with Gasteiger partial charge in [-0.2, -0.15) is 0 Å². The van der Waals surface area contributed by atoms with Crippen LogP contribution in [0.3, 0.4) is 0 Å². The van der Waals surface area contributed by atoms with Gasteiger partial charge in [0.25, 0.3) is 5.91 Å². The Morgan fingerprint density at radius 2 is 2.10 bits per heavy atom. The largest absolute Gasteiger partial charge is 0.396 e. The number of carbonyl (C=O) groups is 2. The number of aromatic nitrogens is 1. The molecule has 2 amide bonds. The SMILES string of the molecule is CC(=O)Nc1nc(C(=O)NCC2(CO)CCCCC2)cs1. The van der Waals surface area contributed by atoms with Crippen molar-refractivity contribution in [2.75, 3.05) is 18.5 Å². The first-order valence-electron chi connectivity index (χ1n) is 7.17. The summed E-state index contributed by atoms with van der Waals surface area (Å²) >= 11 is 1.22. The molecule has 0 aromatic carbocycles. The van der Waals surface area contributed by atoms with Crippen molar-refractivity contribution in [2.24, 2.45) is 5.41 Å². The van der Waals surface area contributed by atoms with Gasteiger partial charge < -0.3 is 15.7 Å². The number of nitrogens with zero attached hydrogens (tertiary/aromatic N) is 1. The molecule has 21 heavy (non-hydrogen) atoms. The molecule has 0 radical (unpaired) electrons. The van der Waals surface area contributed by atoms with Crippen LogP contribution in [0.15, 0.2) is 5.38 Å². The van der Waals surface area contributed by atoms with Gasteiger partial charge in [0.05, 0.1) is 6.61 Å². The van der Waals surface area contributed by atoms with Crippen LogP contribution in [0, 0.1) is 5.41 Å². The maximum absolute atomic E-state index is 12.1. The van der Waals surface area contributed by atoms with Crippen molar-refractivity contribution < 1.29 is 14.7 Å². The molecule has 1 aliphatic carbocycles. The third-order valence-electron chi connectivity index (χ3n) is 3.89. The van der Waals surface area contributed by atoms with Crippen molar-refractivity contribution in [3.63, 3.8) is 0 Å². The van der Waals surface area contributed by atoms with Crippen LogP contribution in [-0.2, 0) is 4.79 Å². The van der Waals surface area contributed by atoms with E-state index in [0.29, 0.717) is 17.4 Å². The number of anilines is 1. The summed E-state index contributed by atoms with van der Waals surface area (Å²) in [6.07, 6.45) is 5.28. The molecule has 0 atom stereocenters. The highest BCUT2D eigenvalue weighted by Gasteiger charge is 2.32. The zero-order valence-electron chi connectivity index (χ0n) is 12.1. The van der Waals surface area contributed by atoms with E-state index in [1.807, 2.05) is 0 Å². The molecule has 3 N–H and O–H groups in total. The minimum absolute atomic E-state index is 0.0987. The summed E-state index contributed by atoms with van der Waals surface area (Å²) in [5.74, 6) is -0.473. The molecule has 1 aliphatic rings. The fraction of sp³-hybridized carbons (Fsp3) is 0.643. The molecule has 1 aromatic rings. The van der Waals surface area contributed by atoms with Crippen LogP contribution in [-0.4, -0.2) is 35.1 Å². The van der Waals surface area contributed by atoms with Crippen molar-refractivity contribution in [3.05, 3.63) is 11.1 Å². The van der Waals surface area contributed by atoms with Gasteiger partial charge in [-0.3, -0.25) is 9.59 Å². The van der Waals surface area contributed by atoms with E-state index in [1.165, 1.54) is 24.7 Å². The second-order valence-corrected chi connectivity index (χ2v) is 6.48. The zero-order valence-corrected chi connectivity index (χ0v) is 13.0. The molecule has 0 unspecified atom stereocenters. The van der Waals surface area contributed by atoms with E-state index in [4.69, 9.17) is 0 Å². The Balaban J connectivity index is 1.91. The van der Waals surface area contributed by atoms with Gasteiger partial charge in [0.15, 0.2) is 5.13 Å². The first kappa shape index (κ1) is 15.9. The van der Waals surface area contributed by atoms with E-state index in [9.17, 15) is 14.7 Å². The topological polar surface area (TPSA) is 91.3 Å². The Morgan fingerprint density at radius 3 is 2.71 bits per heavy atom. The lowest BCUT2D eigenvalue weighted by molar-refractivity contribution is -0.114. The van der Waals surface area contributed by atoms with Gasteiger partial charge in [0.1, 0.15) is 5.69 Å². The molecule has 1 saturated carbocycles. The van der Waals surface area contributed by atoms with Crippen molar-refractivity contribution in [1.82, 2.24) is 10.3 Å². The monoisotopic (exact) mass is 311 g/mol. The summed E-state index contributed by atoms with van der Waals surface area (Å²) in [6, 6.07) is 0. The molecular formula is C14H21N3O3S. The minimum atomic E-state index is -0.263. The third-order valence-corrected chi connectivity index (χ3v) is 4.65. The van der Waals surface area contributed by atoms with Crippen LogP contribution >= 0.6 is 11.3 Å². The lowest BCUT2D eigenvalue weighted by atomic mass is 9.74. The van der Waals surface area contributed by atoms with Gasteiger partial charge >= 0.3 is 0 Å². The molecule has 1 aromatic heterocycles. The van der Waals surface area contributed by atoms with E-state index in [0.717, 1.165) is 25.7 Å². The first-order chi connectivity index (χ1) is 10.0. The maximum Gasteiger partial charge on any atom is 0.270 e. The van der Waals surface area contributed by atoms with Crippen LogP contribution in [0.25, 0.3) is 0 Å². The molecule has 116 valence electrons. The Labute approximate surface area is 128 Å². The fourth-order valence-electron chi connectivity index (χ4n) is 2.64. The predicted molar refractivity (Wildman–Crippen MR) is 81.4 cm³/mol. The summed E-state index contributed by atoms with van der Waals surface area (Å²) in [5.41, 5.74) is 0.109. The van der Waals surface area contributed by atoms with Crippen LogP contribution < -0.4 is 10.6 Å². The molecule has 7 heteroatoms. The number of amides is 2.